The van der Waals surface area contributed by atoms with E-state index in [0.29, 0.717) is 11.4 Å². The first-order valence-corrected chi connectivity index (χ1v) is 9.29. The van der Waals surface area contributed by atoms with Gasteiger partial charge in [-0.3, -0.25) is 4.79 Å². The topological polar surface area (TPSA) is 46.9 Å². The number of aromatic nitrogens is 2. The summed E-state index contributed by atoms with van der Waals surface area (Å²) in [6.45, 7) is 4.33. The van der Waals surface area contributed by atoms with Crippen LogP contribution >= 0.6 is 11.8 Å². The number of nitrogens with zero attached hydrogens (tertiary/aromatic N) is 2. The summed E-state index contributed by atoms with van der Waals surface area (Å²) in [4.78, 5) is 12.6. The monoisotopic (exact) mass is 369 g/mol. The molecule has 6 heteroatoms. The maximum Gasteiger partial charge on any atom is 0.230 e. The Morgan fingerprint density at radius 2 is 1.81 bits per heavy atom. The highest BCUT2D eigenvalue weighted by molar-refractivity contribution is 8.00. The quantitative estimate of drug-likeness (QED) is 0.667. The van der Waals surface area contributed by atoms with Crippen LogP contribution in [0.4, 0.5) is 4.39 Å². The third kappa shape index (κ3) is 4.14. The van der Waals surface area contributed by atoms with Crippen molar-refractivity contribution in [1.82, 2.24) is 15.1 Å². The molecule has 1 amide bonds. The number of benzene rings is 2. The largest absolute Gasteiger partial charge is 0.351 e. The molecule has 1 heterocycles. The van der Waals surface area contributed by atoms with Crippen LogP contribution in [0.3, 0.4) is 0 Å². The summed E-state index contributed by atoms with van der Waals surface area (Å²) in [5, 5.41) is 7.47. The number of carbonyl (C=O) groups is 1. The second kappa shape index (κ2) is 8.19. The Morgan fingerprint density at radius 1 is 1.12 bits per heavy atom. The first-order chi connectivity index (χ1) is 12.6. The van der Waals surface area contributed by atoms with Crippen molar-refractivity contribution in [1.29, 1.82) is 0 Å². The molecule has 0 spiro atoms. The van der Waals surface area contributed by atoms with Crippen LogP contribution in [0.2, 0.25) is 0 Å². The minimum absolute atomic E-state index is 0.135. The Morgan fingerprint density at radius 3 is 2.54 bits per heavy atom. The maximum atomic E-state index is 13.6. The Hall–Kier alpha value is -2.60. The third-order valence-electron chi connectivity index (χ3n) is 4.10. The molecular formula is C20H20FN3OS. The lowest BCUT2D eigenvalue weighted by Crippen LogP contribution is -2.25. The predicted molar refractivity (Wildman–Crippen MR) is 102 cm³/mol. The fraction of sp³-hybridized carbons (Fsp3) is 0.200. The van der Waals surface area contributed by atoms with Crippen molar-refractivity contribution in [2.45, 2.75) is 25.3 Å². The SMILES string of the molecule is Cc1nn(-c2ccccc2)c(C)c1CNC(=O)CSc1ccccc1F. The second-order valence-corrected chi connectivity index (χ2v) is 6.91. The number of carbonyl (C=O) groups excluding carboxylic acids is 1. The van der Waals surface area contributed by atoms with Gasteiger partial charge in [-0.05, 0) is 38.1 Å². The molecule has 4 nitrogen and oxygen atoms in total. The Balaban J connectivity index is 1.62. The number of hydrogen-bond donors (Lipinski definition) is 1. The van der Waals surface area contributed by atoms with E-state index >= 15 is 0 Å². The van der Waals surface area contributed by atoms with E-state index in [-0.39, 0.29) is 17.5 Å². The van der Waals surface area contributed by atoms with Crippen LogP contribution < -0.4 is 5.32 Å². The molecule has 0 saturated heterocycles. The molecule has 0 saturated carbocycles. The van der Waals surface area contributed by atoms with Crippen molar-refractivity contribution in [3.63, 3.8) is 0 Å². The van der Waals surface area contributed by atoms with Gasteiger partial charge < -0.3 is 5.32 Å². The minimum Gasteiger partial charge on any atom is -0.351 e. The molecule has 0 aliphatic rings. The van der Waals surface area contributed by atoms with Crippen LogP contribution in [-0.4, -0.2) is 21.4 Å². The molecule has 0 fully saturated rings. The number of rotatable bonds is 6. The van der Waals surface area contributed by atoms with Crippen molar-refractivity contribution in [3.8, 4) is 5.69 Å². The average molecular weight is 369 g/mol. The standard InChI is InChI=1S/C20H20FN3OS/c1-14-17(15(2)24(23-14)16-8-4-3-5-9-16)12-22-20(25)13-26-19-11-7-6-10-18(19)21/h3-11H,12-13H2,1-2H3,(H,22,25). The predicted octanol–water partition coefficient (Wildman–Crippen LogP) is 4.04. The zero-order valence-corrected chi connectivity index (χ0v) is 15.5. The van der Waals surface area contributed by atoms with E-state index < -0.39 is 0 Å². The summed E-state index contributed by atoms with van der Waals surface area (Å²) in [6.07, 6.45) is 0. The molecule has 2 aromatic carbocycles. The number of thioether (sulfide) groups is 1. The molecule has 0 aliphatic carbocycles. The molecular weight excluding hydrogens is 349 g/mol. The number of hydrogen-bond acceptors (Lipinski definition) is 3. The van der Waals surface area contributed by atoms with Gasteiger partial charge in [0.2, 0.25) is 5.91 Å². The average Bonchev–Trinajstić information content (AvgIpc) is 2.94. The number of aryl methyl sites for hydroxylation is 1. The normalized spacial score (nSPS) is 10.7. The highest BCUT2D eigenvalue weighted by Gasteiger charge is 2.14. The van der Waals surface area contributed by atoms with Crippen LogP contribution in [0.15, 0.2) is 59.5 Å². The number of amides is 1. The number of halogens is 1. The van der Waals surface area contributed by atoms with E-state index in [1.54, 1.807) is 18.2 Å². The molecule has 1 aromatic heterocycles. The van der Waals surface area contributed by atoms with Crippen LogP contribution in [-0.2, 0) is 11.3 Å². The Kier molecular flexibility index (Phi) is 5.73. The zero-order valence-electron chi connectivity index (χ0n) is 14.7. The van der Waals surface area contributed by atoms with Crippen molar-refractivity contribution >= 4 is 17.7 Å². The van der Waals surface area contributed by atoms with E-state index in [0.717, 1.165) is 22.6 Å². The highest BCUT2D eigenvalue weighted by atomic mass is 32.2. The van der Waals surface area contributed by atoms with Gasteiger partial charge in [0.1, 0.15) is 5.82 Å². The minimum atomic E-state index is -0.305. The molecule has 3 aromatic rings. The van der Waals surface area contributed by atoms with Crippen molar-refractivity contribution in [2.24, 2.45) is 0 Å². The van der Waals surface area contributed by atoms with Crippen LogP contribution in [0, 0.1) is 19.7 Å². The van der Waals surface area contributed by atoms with Crippen molar-refractivity contribution in [3.05, 3.63) is 77.4 Å². The summed E-state index contributed by atoms with van der Waals surface area (Å²) in [6, 6.07) is 16.3. The molecule has 0 unspecified atom stereocenters. The zero-order chi connectivity index (χ0) is 18.5. The van der Waals surface area contributed by atoms with Gasteiger partial charge in [-0.25, -0.2) is 9.07 Å². The molecule has 1 N–H and O–H groups in total. The fourth-order valence-corrected chi connectivity index (χ4v) is 3.46. The van der Waals surface area contributed by atoms with Gasteiger partial charge in [0.15, 0.2) is 0 Å². The summed E-state index contributed by atoms with van der Waals surface area (Å²) in [5.74, 6) is -0.267. The summed E-state index contributed by atoms with van der Waals surface area (Å²) in [7, 11) is 0. The van der Waals surface area contributed by atoms with Gasteiger partial charge >= 0.3 is 0 Å². The highest BCUT2D eigenvalue weighted by Crippen LogP contribution is 2.21. The van der Waals surface area contributed by atoms with Gasteiger partial charge in [-0.1, -0.05) is 30.3 Å². The smallest absolute Gasteiger partial charge is 0.230 e. The van der Waals surface area contributed by atoms with Crippen LogP contribution in [0.1, 0.15) is 17.0 Å². The Bertz CT molecular complexity index is 909. The van der Waals surface area contributed by atoms with Gasteiger partial charge in [-0.15, -0.1) is 11.8 Å². The van der Waals surface area contributed by atoms with E-state index in [1.807, 2.05) is 48.9 Å². The summed E-state index contributed by atoms with van der Waals surface area (Å²) < 4.78 is 15.5. The summed E-state index contributed by atoms with van der Waals surface area (Å²) in [5.41, 5.74) is 3.86. The van der Waals surface area contributed by atoms with E-state index in [2.05, 4.69) is 10.4 Å². The van der Waals surface area contributed by atoms with E-state index in [9.17, 15) is 9.18 Å². The third-order valence-corrected chi connectivity index (χ3v) is 5.15. The lowest BCUT2D eigenvalue weighted by molar-refractivity contribution is -0.118. The molecule has 0 bridgehead atoms. The molecule has 134 valence electrons. The van der Waals surface area contributed by atoms with Gasteiger partial charge in [-0.2, -0.15) is 5.10 Å². The van der Waals surface area contributed by atoms with Crippen LogP contribution in [0.25, 0.3) is 5.69 Å². The first kappa shape index (κ1) is 18.2. The molecule has 3 rings (SSSR count). The van der Waals surface area contributed by atoms with Crippen molar-refractivity contribution in [2.75, 3.05) is 5.75 Å². The molecule has 0 radical (unpaired) electrons. The number of para-hydroxylation sites is 1. The van der Waals surface area contributed by atoms with E-state index in [4.69, 9.17) is 0 Å². The number of nitrogens with one attached hydrogen (secondary N) is 1. The van der Waals surface area contributed by atoms with Gasteiger partial charge in [0, 0.05) is 22.7 Å². The second-order valence-electron chi connectivity index (χ2n) is 5.89. The Labute approximate surface area is 156 Å². The maximum absolute atomic E-state index is 13.6. The van der Waals surface area contributed by atoms with Gasteiger partial charge in [0.25, 0.3) is 0 Å². The lowest BCUT2D eigenvalue weighted by atomic mass is 10.2. The fourth-order valence-electron chi connectivity index (χ4n) is 2.69. The van der Waals surface area contributed by atoms with Gasteiger partial charge in [0.05, 0.1) is 17.1 Å². The molecule has 0 atom stereocenters. The van der Waals surface area contributed by atoms with E-state index in [1.165, 1.54) is 17.8 Å². The molecule has 0 aliphatic heterocycles. The molecule has 26 heavy (non-hydrogen) atoms. The first-order valence-electron chi connectivity index (χ1n) is 8.31. The van der Waals surface area contributed by atoms with Crippen molar-refractivity contribution < 1.29 is 9.18 Å². The lowest BCUT2D eigenvalue weighted by Gasteiger charge is -2.07. The van der Waals surface area contributed by atoms with Crippen LogP contribution in [0.5, 0.6) is 0 Å². The summed E-state index contributed by atoms with van der Waals surface area (Å²) >= 11 is 1.19.